The van der Waals surface area contributed by atoms with E-state index >= 15 is 0 Å². The summed E-state index contributed by atoms with van der Waals surface area (Å²) in [5.74, 6) is -2.76. The van der Waals surface area contributed by atoms with Crippen LogP contribution < -0.4 is 9.47 Å². The average Bonchev–Trinajstić information content (AvgIpc) is 3.20. The molecule has 1 heterocycles. The summed E-state index contributed by atoms with van der Waals surface area (Å²) in [6.45, 7) is 1.52. The van der Waals surface area contributed by atoms with E-state index in [1.807, 2.05) is 0 Å². The molecule has 0 radical (unpaired) electrons. The molecule has 0 N–H and O–H groups in total. The molecule has 1 aliphatic rings. The van der Waals surface area contributed by atoms with Gasteiger partial charge >= 0.3 is 30.6 Å². The van der Waals surface area contributed by atoms with Gasteiger partial charge in [-0.1, -0.05) is 6.07 Å². The van der Waals surface area contributed by atoms with E-state index in [1.54, 1.807) is 0 Å². The van der Waals surface area contributed by atoms with E-state index in [0.29, 0.717) is 24.3 Å². The minimum Gasteiger partial charge on any atom is -0.496 e. The molecule has 4 rings (SSSR count). The van der Waals surface area contributed by atoms with Crippen molar-refractivity contribution in [2.24, 2.45) is 0 Å². The highest BCUT2D eigenvalue weighted by Gasteiger charge is 2.44. The standard InChI is InChI=1S/C29H21F10NO5/c1-13-25(15-6-18(28(34,35)36)9-19(7-15)29(37,38)39)45-26(42)40(13)12-16-8-17(27(31,32)33)4-5-20(16)21-10-24(44-14(2)41)22(30)11-23(21)43-3/h4-11,13,25H,12H2,1-3H3/t13-,25-/m0/s1. The highest BCUT2D eigenvalue weighted by atomic mass is 19.4. The van der Waals surface area contributed by atoms with Gasteiger partial charge < -0.3 is 14.2 Å². The second kappa shape index (κ2) is 11.8. The summed E-state index contributed by atoms with van der Waals surface area (Å²) in [6.07, 6.45) is -18.2. The minimum absolute atomic E-state index is 0.0601. The number of esters is 1. The SMILES string of the molecule is COc1cc(F)c(OC(C)=O)cc1-c1ccc(C(F)(F)F)cc1CN1C(=O)O[C@H](c2cc(C(F)(F)F)cc(C(F)(F)F)c2)[C@@H]1C. The zero-order valence-electron chi connectivity index (χ0n) is 23.2. The predicted molar refractivity (Wildman–Crippen MR) is 135 cm³/mol. The summed E-state index contributed by atoms with van der Waals surface area (Å²) in [6, 6.07) is 3.52. The molecule has 0 aromatic heterocycles. The highest BCUT2D eigenvalue weighted by Crippen LogP contribution is 2.43. The molecular weight excluding hydrogens is 632 g/mol. The number of rotatable bonds is 6. The molecule has 1 fully saturated rings. The Morgan fingerprint density at radius 3 is 1.91 bits per heavy atom. The Hall–Kier alpha value is -4.50. The summed E-state index contributed by atoms with van der Waals surface area (Å²) in [5.41, 5.74) is -5.49. The quantitative estimate of drug-likeness (QED) is 0.152. The number of methoxy groups -OCH3 is 1. The first-order valence-electron chi connectivity index (χ1n) is 12.7. The first-order chi connectivity index (χ1) is 20.7. The number of cyclic esters (lactones) is 1. The van der Waals surface area contributed by atoms with E-state index in [1.165, 1.54) is 6.92 Å². The fourth-order valence-corrected chi connectivity index (χ4v) is 4.80. The number of ether oxygens (including phenoxy) is 3. The van der Waals surface area contributed by atoms with Crippen LogP contribution in [-0.4, -0.2) is 30.1 Å². The van der Waals surface area contributed by atoms with Gasteiger partial charge in [0.2, 0.25) is 0 Å². The predicted octanol–water partition coefficient (Wildman–Crippen LogP) is 8.57. The molecule has 45 heavy (non-hydrogen) atoms. The van der Waals surface area contributed by atoms with Gasteiger partial charge in [0.05, 0.1) is 36.4 Å². The monoisotopic (exact) mass is 653 g/mol. The van der Waals surface area contributed by atoms with Gasteiger partial charge in [-0.2, -0.15) is 39.5 Å². The number of halogens is 10. The largest absolute Gasteiger partial charge is 0.496 e. The second-order valence-corrected chi connectivity index (χ2v) is 9.96. The third-order valence-electron chi connectivity index (χ3n) is 6.90. The number of nitrogens with zero attached hydrogens (tertiary/aromatic N) is 1. The van der Waals surface area contributed by atoms with Crippen LogP contribution in [0.2, 0.25) is 0 Å². The Kier molecular flexibility index (Phi) is 8.74. The van der Waals surface area contributed by atoms with Crippen LogP contribution in [0.25, 0.3) is 11.1 Å². The van der Waals surface area contributed by atoms with E-state index in [-0.39, 0.29) is 28.5 Å². The number of hydrogen-bond donors (Lipinski definition) is 0. The molecule has 0 aliphatic carbocycles. The number of carbonyl (C=O) groups excluding carboxylic acids is 2. The average molecular weight is 653 g/mol. The molecule has 1 aliphatic heterocycles. The lowest BCUT2D eigenvalue weighted by atomic mass is 9.94. The molecule has 2 atom stereocenters. The van der Waals surface area contributed by atoms with Crippen molar-refractivity contribution in [2.45, 2.75) is 51.1 Å². The van der Waals surface area contributed by atoms with Crippen LogP contribution in [-0.2, 0) is 34.6 Å². The van der Waals surface area contributed by atoms with Crippen molar-refractivity contribution in [2.75, 3.05) is 7.11 Å². The van der Waals surface area contributed by atoms with Crippen LogP contribution in [0.3, 0.4) is 0 Å². The van der Waals surface area contributed by atoms with Gasteiger partial charge in [-0.05, 0) is 60.0 Å². The topological polar surface area (TPSA) is 65.1 Å². The Bertz CT molecular complexity index is 1600. The third kappa shape index (κ3) is 7.09. The molecule has 1 saturated heterocycles. The molecule has 0 spiro atoms. The Morgan fingerprint density at radius 2 is 1.40 bits per heavy atom. The lowest BCUT2D eigenvalue weighted by Gasteiger charge is -2.24. The van der Waals surface area contributed by atoms with Crippen LogP contribution >= 0.6 is 0 Å². The third-order valence-corrected chi connectivity index (χ3v) is 6.90. The maximum Gasteiger partial charge on any atom is 0.416 e. The molecule has 1 amide bonds. The molecule has 0 saturated carbocycles. The van der Waals surface area contributed by atoms with E-state index in [2.05, 4.69) is 0 Å². The van der Waals surface area contributed by atoms with Crippen LogP contribution in [0.1, 0.15) is 47.8 Å². The van der Waals surface area contributed by atoms with Gasteiger partial charge in [-0.3, -0.25) is 9.69 Å². The van der Waals surface area contributed by atoms with Crippen LogP contribution in [0, 0.1) is 5.82 Å². The second-order valence-electron chi connectivity index (χ2n) is 9.96. The van der Waals surface area contributed by atoms with Crippen molar-refractivity contribution in [3.05, 3.63) is 82.2 Å². The van der Waals surface area contributed by atoms with Gasteiger partial charge in [-0.25, -0.2) is 9.18 Å². The van der Waals surface area contributed by atoms with Crippen LogP contribution in [0.15, 0.2) is 48.5 Å². The van der Waals surface area contributed by atoms with Gasteiger partial charge in [0.25, 0.3) is 0 Å². The molecule has 16 heteroatoms. The Labute approximate surface area is 248 Å². The van der Waals surface area contributed by atoms with E-state index in [4.69, 9.17) is 14.2 Å². The normalized spacial score (nSPS) is 17.4. The zero-order chi connectivity index (χ0) is 33.6. The van der Waals surface area contributed by atoms with E-state index < -0.39 is 83.1 Å². The maximum atomic E-state index is 14.5. The fraction of sp³-hybridized carbons (Fsp3) is 0.310. The first-order valence-corrected chi connectivity index (χ1v) is 12.7. The number of hydrogen-bond acceptors (Lipinski definition) is 5. The summed E-state index contributed by atoms with van der Waals surface area (Å²) >= 11 is 0. The highest BCUT2D eigenvalue weighted by molar-refractivity contribution is 5.78. The van der Waals surface area contributed by atoms with Gasteiger partial charge in [-0.15, -0.1) is 0 Å². The summed E-state index contributed by atoms with van der Waals surface area (Å²) in [5, 5.41) is 0. The van der Waals surface area contributed by atoms with Crippen molar-refractivity contribution in [1.29, 1.82) is 0 Å². The van der Waals surface area contributed by atoms with Crippen LogP contribution in [0.4, 0.5) is 48.7 Å². The number of benzene rings is 3. The minimum atomic E-state index is -5.19. The van der Waals surface area contributed by atoms with E-state index in [0.717, 1.165) is 37.1 Å². The number of carbonyl (C=O) groups is 2. The summed E-state index contributed by atoms with van der Waals surface area (Å²) < 4.78 is 151. The summed E-state index contributed by atoms with van der Waals surface area (Å²) in [7, 11) is 1.13. The maximum absolute atomic E-state index is 14.5. The molecular formula is C29H21F10NO5. The molecule has 3 aromatic carbocycles. The Morgan fingerprint density at radius 1 is 0.822 bits per heavy atom. The first kappa shape index (κ1) is 33.4. The smallest absolute Gasteiger partial charge is 0.416 e. The van der Waals surface area contributed by atoms with Crippen LogP contribution in [0.5, 0.6) is 11.5 Å². The van der Waals surface area contributed by atoms with Gasteiger partial charge in [0.15, 0.2) is 11.6 Å². The van der Waals surface area contributed by atoms with Crippen molar-refractivity contribution in [1.82, 2.24) is 4.90 Å². The van der Waals surface area contributed by atoms with Gasteiger partial charge in [0, 0.05) is 18.6 Å². The van der Waals surface area contributed by atoms with Crippen molar-refractivity contribution in [3.63, 3.8) is 0 Å². The number of amides is 1. The van der Waals surface area contributed by atoms with Crippen molar-refractivity contribution in [3.8, 4) is 22.6 Å². The van der Waals surface area contributed by atoms with Crippen molar-refractivity contribution < 1.29 is 67.7 Å². The fourth-order valence-electron chi connectivity index (χ4n) is 4.80. The lowest BCUT2D eigenvalue weighted by molar-refractivity contribution is -0.143. The Balaban J connectivity index is 1.81. The zero-order valence-corrected chi connectivity index (χ0v) is 23.2. The molecule has 0 bridgehead atoms. The lowest BCUT2D eigenvalue weighted by Crippen LogP contribution is -2.32. The molecule has 0 unspecified atom stereocenters. The molecule has 3 aromatic rings. The summed E-state index contributed by atoms with van der Waals surface area (Å²) in [4.78, 5) is 25.2. The van der Waals surface area contributed by atoms with Crippen molar-refractivity contribution >= 4 is 12.1 Å². The molecule has 242 valence electrons. The van der Waals surface area contributed by atoms with Gasteiger partial charge in [0.1, 0.15) is 11.9 Å². The number of alkyl halides is 9. The molecule has 6 nitrogen and oxygen atoms in total. The van der Waals surface area contributed by atoms with E-state index in [9.17, 15) is 53.5 Å².